The van der Waals surface area contributed by atoms with Gasteiger partial charge in [0.25, 0.3) is 0 Å². The Kier molecular flexibility index (Phi) is 4.35. The van der Waals surface area contributed by atoms with Gasteiger partial charge in [0.1, 0.15) is 5.69 Å². The Hall–Kier alpha value is -2.24. The summed E-state index contributed by atoms with van der Waals surface area (Å²) in [6, 6.07) is 1.90. The SMILES string of the molecule is Cc1cc(OCCC(C)C)c2nc(C)c(OC(=O)O)n2c1. The minimum absolute atomic E-state index is 0.204. The Morgan fingerprint density at radius 3 is 2.76 bits per heavy atom. The fraction of sp³-hybridized carbons (Fsp3) is 0.467. The highest BCUT2D eigenvalue weighted by atomic mass is 16.7. The van der Waals surface area contributed by atoms with E-state index in [0.717, 1.165) is 12.0 Å². The number of fused-ring (bicyclic) bond motifs is 1. The molecule has 0 aliphatic carbocycles. The summed E-state index contributed by atoms with van der Waals surface area (Å²) in [7, 11) is 0. The van der Waals surface area contributed by atoms with Crippen molar-refractivity contribution in [1.82, 2.24) is 9.38 Å². The van der Waals surface area contributed by atoms with Gasteiger partial charge in [-0.15, -0.1) is 0 Å². The number of carboxylic acid groups (broad SMARTS) is 1. The highest BCUT2D eigenvalue weighted by Crippen LogP contribution is 2.28. The highest BCUT2D eigenvalue weighted by molar-refractivity contribution is 5.64. The third-order valence-electron chi connectivity index (χ3n) is 3.08. The van der Waals surface area contributed by atoms with Gasteiger partial charge in [-0.05, 0) is 37.8 Å². The van der Waals surface area contributed by atoms with Gasteiger partial charge in [-0.2, -0.15) is 0 Å². The minimum atomic E-state index is -1.36. The zero-order chi connectivity index (χ0) is 15.6. The fourth-order valence-electron chi connectivity index (χ4n) is 2.05. The van der Waals surface area contributed by atoms with Crippen LogP contribution in [0.4, 0.5) is 4.79 Å². The van der Waals surface area contributed by atoms with E-state index in [-0.39, 0.29) is 5.88 Å². The number of carbonyl (C=O) groups is 1. The second-order valence-corrected chi connectivity index (χ2v) is 5.48. The number of hydrogen-bond acceptors (Lipinski definition) is 4. The van der Waals surface area contributed by atoms with Gasteiger partial charge in [-0.3, -0.25) is 4.40 Å². The largest absolute Gasteiger partial charge is 0.512 e. The summed E-state index contributed by atoms with van der Waals surface area (Å²) >= 11 is 0. The van der Waals surface area contributed by atoms with Crippen LogP contribution in [0.15, 0.2) is 12.3 Å². The summed E-state index contributed by atoms with van der Waals surface area (Å²) in [5, 5.41) is 8.82. The van der Waals surface area contributed by atoms with Crippen LogP contribution < -0.4 is 9.47 Å². The number of hydrogen-bond donors (Lipinski definition) is 1. The van der Waals surface area contributed by atoms with Crippen molar-refractivity contribution in [2.24, 2.45) is 5.92 Å². The van der Waals surface area contributed by atoms with Crippen LogP contribution in [-0.4, -0.2) is 27.3 Å². The molecule has 21 heavy (non-hydrogen) atoms. The van der Waals surface area contributed by atoms with Crippen molar-refractivity contribution in [3.8, 4) is 11.6 Å². The third-order valence-corrected chi connectivity index (χ3v) is 3.08. The molecule has 0 aliphatic heterocycles. The maximum atomic E-state index is 10.8. The Bertz CT molecular complexity index is 661. The zero-order valence-electron chi connectivity index (χ0n) is 12.7. The molecule has 0 saturated carbocycles. The third kappa shape index (κ3) is 3.45. The first-order valence-corrected chi connectivity index (χ1v) is 6.91. The van der Waals surface area contributed by atoms with Gasteiger partial charge in [0, 0.05) is 6.20 Å². The first kappa shape index (κ1) is 15.2. The molecule has 6 heteroatoms. The number of nitrogens with zero attached hydrogens (tertiary/aromatic N) is 2. The van der Waals surface area contributed by atoms with E-state index in [9.17, 15) is 4.79 Å². The molecule has 2 rings (SSSR count). The summed E-state index contributed by atoms with van der Waals surface area (Å²) < 4.78 is 12.2. The average Bonchev–Trinajstić information content (AvgIpc) is 2.66. The van der Waals surface area contributed by atoms with E-state index in [0.29, 0.717) is 29.6 Å². The molecule has 2 aromatic rings. The lowest BCUT2D eigenvalue weighted by Crippen LogP contribution is -2.07. The number of pyridine rings is 1. The van der Waals surface area contributed by atoms with E-state index in [1.165, 1.54) is 0 Å². The van der Waals surface area contributed by atoms with Gasteiger partial charge in [-0.25, -0.2) is 9.78 Å². The first-order chi connectivity index (χ1) is 9.88. The molecule has 2 heterocycles. The molecule has 2 aromatic heterocycles. The van der Waals surface area contributed by atoms with E-state index in [2.05, 4.69) is 18.8 Å². The van der Waals surface area contributed by atoms with E-state index in [1.54, 1.807) is 17.5 Å². The monoisotopic (exact) mass is 292 g/mol. The van der Waals surface area contributed by atoms with Gasteiger partial charge in [0.2, 0.25) is 5.88 Å². The Labute approximate surface area is 123 Å². The molecular formula is C15H20N2O4. The molecule has 0 saturated heterocycles. The van der Waals surface area contributed by atoms with Crippen LogP contribution in [0.25, 0.3) is 5.65 Å². The molecule has 0 aliphatic rings. The van der Waals surface area contributed by atoms with Crippen molar-refractivity contribution in [3.63, 3.8) is 0 Å². The molecule has 0 radical (unpaired) electrons. The molecule has 0 unspecified atom stereocenters. The minimum Gasteiger partial charge on any atom is -0.490 e. The quantitative estimate of drug-likeness (QED) is 0.855. The van der Waals surface area contributed by atoms with Gasteiger partial charge in [-0.1, -0.05) is 13.8 Å². The van der Waals surface area contributed by atoms with Gasteiger partial charge in [0.15, 0.2) is 11.4 Å². The van der Waals surface area contributed by atoms with Crippen molar-refractivity contribution in [1.29, 1.82) is 0 Å². The van der Waals surface area contributed by atoms with Crippen molar-refractivity contribution in [2.75, 3.05) is 6.61 Å². The van der Waals surface area contributed by atoms with Gasteiger partial charge >= 0.3 is 6.16 Å². The van der Waals surface area contributed by atoms with Crippen LogP contribution in [0.1, 0.15) is 31.5 Å². The van der Waals surface area contributed by atoms with Gasteiger partial charge < -0.3 is 14.6 Å². The number of aromatic nitrogens is 2. The summed E-state index contributed by atoms with van der Waals surface area (Å²) in [4.78, 5) is 15.1. The smallest absolute Gasteiger partial charge is 0.490 e. The van der Waals surface area contributed by atoms with E-state index in [1.807, 2.05) is 13.0 Å². The lowest BCUT2D eigenvalue weighted by molar-refractivity contribution is 0.141. The Morgan fingerprint density at radius 1 is 1.43 bits per heavy atom. The van der Waals surface area contributed by atoms with E-state index < -0.39 is 6.16 Å². The topological polar surface area (TPSA) is 73.1 Å². The van der Waals surface area contributed by atoms with Crippen molar-refractivity contribution < 1.29 is 19.4 Å². The first-order valence-electron chi connectivity index (χ1n) is 6.91. The molecule has 6 nitrogen and oxygen atoms in total. The standard InChI is InChI=1S/C15H20N2O4/c1-9(2)5-6-20-12-7-10(3)8-17-13(12)16-11(4)14(17)21-15(18)19/h7-9H,5-6H2,1-4H3,(H,18,19). The molecule has 0 atom stereocenters. The van der Waals surface area contributed by atoms with Crippen LogP contribution >= 0.6 is 0 Å². The molecule has 0 aromatic carbocycles. The lowest BCUT2D eigenvalue weighted by atomic mass is 10.1. The van der Waals surface area contributed by atoms with E-state index >= 15 is 0 Å². The molecule has 1 N–H and O–H groups in total. The van der Waals surface area contributed by atoms with Crippen LogP contribution in [0.5, 0.6) is 11.6 Å². The summed E-state index contributed by atoms with van der Waals surface area (Å²) in [6.45, 7) is 8.48. The molecule has 114 valence electrons. The summed E-state index contributed by atoms with van der Waals surface area (Å²) in [5.41, 5.74) is 2.02. The zero-order valence-corrected chi connectivity index (χ0v) is 12.7. The van der Waals surface area contributed by atoms with E-state index in [4.69, 9.17) is 14.6 Å². The second-order valence-electron chi connectivity index (χ2n) is 5.48. The molecule has 0 bridgehead atoms. The molecule has 0 spiro atoms. The maximum Gasteiger partial charge on any atom is 0.512 e. The highest BCUT2D eigenvalue weighted by Gasteiger charge is 2.17. The van der Waals surface area contributed by atoms with Gasteiger partial charge in [0.05, 0.1) is 6.61 Å². The maximum absolute atomic E-state index is 10.8. The number of imidazole rings is 1. The average molecular weight is 292 g/mol. The van der Waals surface area contributed by atoms with Crippen LogP contribution in [-0.2, 0) is 0 Å². The van der Waals surface area contributed by atoms with Crippen molar-refractivity contribution in [2.45, 2.75) is 34.1 Å². The predicted octanol–water partition coefficient (Wildman–Crippen LogP) is 3.43. The molecule has 0 amide bonds. The van der Waals surface area contributed by atoms with Crippen LogP contribution in [0, 0.1) is 19.8 Å². The van der Waals surface area contributed by atoms with Crippen molar-refractivity contribution >= 4 is 11.8 Å². The second kappa shape index (κ2) is 6.03. The normalized spacial score (nSPS) is 11.1. The summed E-state index contributed by atoms with van der Waals surface area (Å²) in [6.07, 6.45) is 1.37. The molecular weight excluding hydrogens is 272 g/mol. The Morgan fingerprint density at radius 2 is 2.14 bits per heavy atom. The number of ether oxygens (including phenoxy) is 2. The number of rotatable bonds is 5. The predicted molar refractivity (Wildman–Crippen MR) is 78.3 cm³/mol. The Balaban J connectivity index is 2.40. The van der Waals surface area contributed by atoms with Crippen LogP contribution in [0.2, 0.25) is 0 Å². The number of aryl methyl sites for hydroxylation is 2. The molecule has 0 fully saturated rings. The fourth-order valence-corrected chi connectivity index (χ4v) is 2.05. The van der Waals surface area contributed by atoms with Crippen molar-refractivity contribution in [3.05, 3.63) is 23.5 Å². The summed E-state index contributed by atoms with van der Waals surface area (Å²) in [5.74, 6) is 1.40. The van der Waals surface area contributed by atoms with Crippen LogP contribution in [0.3, 0.4) is 0 Å². The lowest BCUT2D eigenvalue weighted by Gasteiger charge is -2.10.